The first-order valence-electron chi connectivity index (χ1n) is 9.69. The van der Waals surface area contributed by atoms with Crippen LogP contribution in [0.4, 0.5) is 10.3 Å². The summed E-state index contributed by atoms with van der Waals surface area (Å²) in [4.78, 5) is 32.1. The van der Waals surface area contributed by atoms with Crippen LogP contribution >= 0.6 is 0 Å². The van der Waals surface area contributed by atoms with E-state index in [2.05, 4.69) is 4.98 Å². The van der Waals surface area contributed by atoms with Crippen molar-refractivity contribution in [2.24, 2.45) is 19.8 Å². The molecule has 8 nitrogen and oxygen atoms in total. The molecule has 1 aliphatic heterocycles. The zero-order valence-electron chi connectivity index (χ0n) is 16.9. The molecule has 1 fully saturated rings. The van der Waals surface area contributed by atoms with Crippen molar-refractivity contribution in [3.05, 3.63) is 56.0 Å². The third-order valence-electron chi connectivity index (χ3n) is 5.71. The summed E-state index contributed by atoms with van der Waals surface area (Å²) < 4.78 is 18.1. The van der Waals surface area contributed by atoms with E-state index >= 15 is 0 Å². The molecule has 0 radical (unpaired) electrons. The average Bonchev–Trinajstić information content (AvgIpc) is 3.07. The van der Waals surface area contributed by atoms with Crippen LogP contribution in [-0.2, 0) is 20.6 Å². The zero-order valence-corrected chi connectivity index (χ0v) is 16.9. The van der Waals surface area contributed by atoms with Crippen LogP contribution in [0.25, 0.3) is 11.2 Å². The molecule has 1 atom stereocenters. The predicted octanol–water partition coefficient (Wildman–Crippen LogP) is 0.857. The highest BCUT2D eigenvalue weighted by atomic mass is 19.1. The molecule has 1 aliphatic rings. The molecule has 9 heteroatoms. The maximum absolute atomic E-state index is 13.9. The molecule has 3 heterocycles. The predicted molar refractivity (Wildman–Crippen MR) is 110 cm³/mol. The lowest BCUT2D eigenvalue weighted by atomic mass is 10.1. The van der Waals surface area contributed by atoms with E-state index in [1.807, 2.05) is 11.8 Å². The van der Waals surface area contributed by atoms with Crippen molar-refractivity contribution < 1.29 is 4.39 Å². The molecule has 3 aromatic rings. The van der Waals surface area contributed by atoms with Gasteiger partial charge in [0.15, 0.2) is 11.2 Å². The molecule has 0 bridgehead atoms. The van der Waals surface area contributed by atoms with Gasteiger partial charge in [0.05, 0.1) is 6.54 Å². The maximum atomic E-state index is 13.9. The van der Waals surface area contributed by atoms with E-state index in [1.165, 1.54) is 23.7 Å². The van der Waals surface area contributed by atoms with Gasteiger partial charge in [0, 0.05) is 33.2 Å². The Morgan fingerprint density at radius 1 is 1.24 bits per heavy atom. The average molecular weight is 400 g/mol. The summed E-state index contributed by atoms with van der Waals surface area (Å²) in [5.74, 6) is 0.244. The Hall–Kier alpha value is -2.94. The van der Waals surface area contributed by atoms with Crippen LogP contribution in [0.1, 0.15) is 24.0 Å². The van der Waals surface area contributed by atoms with Crippen LogP contribution in [0.15, 0.2) is 27.8 Å². The van der Waals surface area contributed by atoms with Gasteiger partial charge in [-0.1, -0.05) is 6.07 Å². The second-order valence-electron chi connectivity index (χ2n) is 7.80. The van der Waals surface area contributed by atoms with Crippen molar-refractivity contribution in [1.82, 2.24) is 18.7 Å². The van der Waals surface area contributed by atoms with E-state index in [1.54, 1.807) is 17.7 Å². The second kappa shape index (κ2) is 7.14. The minimum Gasteiger partial charge on any atom is -0.341 e. The second-order valence-corrected chi connectivity index (χ2v) is 7.80. The summed E-state index contributed by atoms with van der Waals surface area (Å²) >= 11 is 0. The van der Waals surface area contributed by atoms with Crippen LogP contribution in [0.3, 0.4) is 0 Å². The summed E-state index contributed by atoms with van der Waals surface area (Å²) in [6.45, 7) is 3.54. The van der Waals surface area contributed by atoms with Gasteiger partial charge in [0.2, 0.25) is 5.95 Å². The minimum atomic E-state index is -0.434. The minimum absolute atomic E-state index is 0.0135. The SMILES string of the molecule is Cc1ccc(F)cc1Cn1c(N2CCCC(N)C2)nc2c1c(=O)n(C)c(=O)n2C. The van der Waals surface area contributed by atoms with Crippen molar-refractivity contribution >= 4 is 17.1 Å². The topological polar surface area (TPSA) is 91.1 Å². The number of piperidine rings is 1. The normalized spacial score (nSPS) is 17.3. The van der Waals surface area contributed by atoms with Crippen molar-refractivity contribution in [2.45, 2.75) is 32.4 Å². The fourth-order valence-electron chi connectivity index (χ4n) is 4.00. The summed E-state index contributed by atoms with van der Waals surface area (Å²) in [5.41, 5.74) is 7.62. The molecule has 2 N–H and O–H groups in total. The van der Waals surface area contributed by atoms with Gasteiger partial charge in [-0.2, -0.15) is 4.98 Å². The molecular formula is C20H25FN6O2. The third kappa shape index (κ3) is 3.25. The fraction of sp³-hybridized carbons (Fsp3) is 0.450. The van der Waals surface area contributed by atoms with Gasteiger partial charge >= 0.3 is 5.69 Å². The molecule has 1 saturated heterocycles. The van der Waals surface area contributed by atoms with Crippen LogP contribution in [-0.4, -0.2) is 37.8 Å². The molecular weight excluding hydrogens is 375 g/mol. The Bertz CT molecular complexity index is 1210. The number of aryl methyl sites for hydroxylation is 2. The fourth-order valence-corrected chi connectivity index (χ4v) is 4.00. The molecule has 0 saturated carbocycles. The van der Waals surface area contributed by atoms with Crippen LogP contribution in [0, 0.1) is 12.7 Å². The number of hydrogen-bond donors (Lipinski definition) is 1. The smallest absolute Gasteiger partial charge is 0.332 e. The van der Waals surface area contributed by atoms with E-state index in [0.29, 0.717) is 23.7 Å². The quantitative estimate of drug-likeness (QED) is 0.704. The van der Waals surface area contributed by atoms with E-state index in [-0.39, 0.29) is 18.4 Å². The van der Waals surface area contributed by atoms with E-state index < -0.39 is 11.2 Å². The molecule has 0 spiro atoms. The number of nitrogens with two attached hydrogens (primary N) is 1. The van der Waals surface area contributed by atoms with Gasteiger partial charge in [-0.3, -0.25) is 18.5 Å². The van der Waals surface area contributed by atoms with Gasteiger partial charge in [0.25, 0.3) is 5.56 Å². The molecule has 1 unspecified atom stereocenters. The Balaban J connectivity index is 1.98. The van der Waals surface area contributed by atoms with Crippen LogP contribution in [0.5, 0.6) is 0 Å². The molecule has 1 aromatic carbocycles. The number of imidazole rings is 1. The highest BCUT2D eigenvalue weighted by Gasteiger charge is 2.26. The number of halogens is 1. The first kappa shape index (κ1) is 19.4. The molecule has 29 heavy (non-hydrogen) atoms. The number of anilines is 1. The van der Waals surface area contributed by atoms with Gasteiger partial charge in [0.1, 0.15) is 5.82 Å². The van der Waals surface area contributed by atoms with Crippen molar-refractivity contribution in [3.8, 4) is 0 Å². The number of aromatic nitrogens is 4. The van der Waals surface area contributed by atoms with E-state index in [9.17, 15) is 14.0 Å². The number of nitrogens with zero attached hydrogens (tertiary/aromatic N) is 5. The summed E-state index contributed by atoms with van der Waals surface area (Å²) in [7, 11) is 3.05. The number of hydrogen-bond acceptors (Lipinski definition) is 5. The largest absolute Gasteiger partial charge is 0.341 e. The zero-order chi connectivity index (χ0) is 20.9. The Morgan fingerprint density at radius 3 is 2.72 bits per heavy atom. The Labute approximate surface area is 167 Å². The molecule has 154 valence electrons. The van der Waals surface area contributed by atoms with E-state index in [4.69, 9.17) is 5.73 Å². The summed E-state index contributed by atoms with van der Waals surface area (Å²) in [6, 6.07) is 4.62. The van der Waals surface area contributed by atoms with Gasteiger partial charge < -0.3 is 10.6 Å². The Morgan fingerprint density at radius 2 is 2.00 bits per heavy atom. The molecule has 2 aromatic heterocycles. The first-order chi connectivity index (χ1) is 13.8. The lowest BCUT2D eigenvalue weighted by molar-refractivity contribution is 0.495. The molecule has 4 rings (SSSR count). The van der Waals surface area contributed by atoms with Crippen molar-refractivity contribution in [2.75, 3.05) is 18.0 Å². The highest BCUT2D eigenvalue weighted by Crippen LogP contribution is 2.25. The van der Waals surface area contributed by atoms with Gasteiger partial charge in [-0.05, 0) is 43.0 Å². The lowest BCUT2D eigenvalue weighted by Crippen LogP contribution is -2.44. The Kier molecular flexibility index (Phi) is 4.77. The summed E-state index contributed by atoms with van der Waals surface area (Å²) in [6.07, 6.45) is 1.85. The van der Waals surface area contributed by atoms with Crippen LogP contribution < -0.4 is 21.9 Å². The molecule has 0 amide bonds. The lowest BCUT2D eigenvalue weighted by Gasteiger charge is -2.32. The van der Waals surface area contributed by atoms with Gasteiger partial charge in [-0.15, -0.1) is 0 Å². The van der Waals surface area contributed by atoms with Crippen LogP contribution in [0.2, 0.25) is 0 Å². The monoisotopic (exact) mass is 400 g/mol. The number of fused-ring (bicyclic) bond motifs is 1. The third-order valence-corrected chi connectivity index (χ3v) is 5.71. The number of benzene rings is 1. The maximum Gasteiger partial charge on any atom is 0.332 e. The summed E-state index contributed by atoms with van der Waals surface area (Å²) in [5, 5.41) is 0. The molecule has 0 aliphatic carbocycles. The van der Waals surface area contributed by atoms with Crippen molar-refractivity contribution in [3.63, 3.8) is 0 Å². The van der Waals surface area contributed by atoms with E-state index in [0.717, 1.165) is 35.1 Å². The standard InChI is InChI=1S/C20H25FN6O2/c1-12-6-7-14(21)9-13(12)10-27-16-17(24(2)20(29)25(3)18(16)28)23-19(27)26-8-4-5-15(22)11-26/h6-7,9,15H,4-5,8,10-11,22H2,1-3H3. The number of rotatable bonds is 3. The highest BCUT2D eigenvalue weighted by molar-refractivity contribution is 5.75. The van der Waals surface area contributed by atoms with Gasteiger partial charge in [-0.25, -0.2) is 9.18 Å². The van der Waals surface area contributed by atoms with Crippen molar-refractivity contribution in [1.29, 1.82) is 0 Å². The first-order valence-corrected chi connectivity index (χ1v) is 9.69.